The van der Waals surface area contributed by atoms with Crippen molar-refractivity contribution >= 4 is 11.5 Å². The smallest absolute Gasteiger partial charge is 0.287 e. The van der Waals surface area contributed by atoms with Crippen LogP contribution in [0.5, 0.6) is 0 Å². The SMILES string of the molecule is O=[N+]([O-])c1ccc(NCCCOC2CCOCC2)nc1. The summed E-state index contributed by atoms with van der Waals surface area (Å²) in [5, 5.41) is 13.6. The lowest BCUT2D eigenvalue weighted by Gasteiger charge is -2.22. The maximum Gasteiger partial charge on any atom is 0.287 e. The van der Waals surface area contributed by atoms with Gasteiger partial charge in [-0.1, -0.05) is 0 Å². The second-order valence-electron chi connectivity index (χ2n) is 4.62. The summed E-state index contributed by atoms with van der Waals surface area (Å²) < 4.78 is 11.0. The van der Waals surface area contributed by atoms with Crippen LogP contribution in [0.3, 0.4) is 0 Å². The first-order valence-corrected chi connectivity index (χ1v) is 6.79. The van der Waals surface area contributed by atoms with E-state index in [0.29, 0.717) is 18.5 Å². The Morgan fingerprint density at radius 3 is 2.90 bits per heavy atom. The molecule has 1 aliphatic heterocycles. The van der Waals surface area contributed by atoms with Crippen LogP contribution in [0, 0.1) is 10.1 Å². The Balaban J connectivity index is 1.59. The van der Waals surface area contributed by atoms with E-state index in [2.05, 4.69) is 10.3 Å². The van der Waals surface area contributed by atoms with E-state index in [1.54, 1.807) is 6.07 Å². The third-order valence-electron chi connectivity index (χ3n) is 3.11. The molecule has 1 aliphatic rings. The van der Waals surface area contributed by atoms with Gasteiger partial charge in [-0.05, 0) is 25.3 Å². The highest BCUT2D eigenvalue weighted by Crippen LogP contribution is 2.12. The van der Waals surface area contributed by atoms with Crippen molar-refractivity contribution in [1.29, 1.82) is 0 Å². The Bertz CT molecular complexity index is 418. The highest BCUT2D eigenvalue weighted by molar-refractivity contribution is 5.39. The summed E-state index contributed by atoms with van der Waals surface area (Å²) in [6.45, 7) is 3.00. The van der Waals surface area contributed by atoms with E-state index in [4.69, 9.17) is 9.47 Å². The summed E-state index contributed by atoms with van der Waals surface area (Å²) in [5.74, 6) is 0.640. The number of aromatic nitrogens is 1. The molecule has 0 unspecified atom stereocenters. The van der Waals surface area contributed by atoms with E-state index in [1.807, 2.05) is 0 Å². The molecule has 0 aliphatic carbocycles. The molecule has 0 aromatic carbocycles. The first kappa shape index (κ1) is 14.7. The van der Waals surface area contributed by atoms with Crippen LogP contribution in [-0.4, -0.2) is 42.4 Å². The highest BCUT2D eigenvalue weighted by atomic mass is 16.6. The number of hydrogen-bond donors (Lipinski definition) is 1. The lowest BCUT2D eigenvalue weighted by atomic mass is 10.1. The van der Waals surface area contributed by atoms with Crippen LogP contribution in [0.15, 0.2) is 18.3 Å². The van der Waals surface area contributed by atoms with Crippen LogP contribution in [0.25, 0.3) is 0 Å². The Labute approximate surface area is 117 Å². The number of pyridine rings is 1. The minimum Gasteiger partial charge on any atom is -0.381 e. The molecule has 0 bridgehead atoms. The maximum absolute atomic E-state index is 10.5. The van der Waals surface area contributed by atoms with Gasteiger partial charge in [-0.3, -0.25) is 10.1 Å². The van der Waals surface area contributed by atoms with Crippen LogP contribution in [-0.2, 0) is 9.47 Å². The molecule has 1 N–H and O–H groups in total. The minimum atomic E-state index is -0.460. The first-order chi connectivity index (χ1) is 9.75. The maximum atomic E-state index is 10.5. The Kier molecular flexibility index (Phi) is 5.69. The largest absolute Gasteiger partial charge is 0.381 e. The van der Waals surface area contributed by atoms with Crippen molar-refractivity contribution in [2.45, 2.75) is 25.4 Å². The third kappa shape index (κ3) is 4.75. The Morgan fingerprint density at radius 2 is 2.25 bits per heavy atom. The molecule has 0 amide bonds. The van der Waals surface area contributed by atoms with E-state index in [-0.39, 0.29) is 5.69 Å². The van der Waals surface area contributed by atoms with Gasteiger partial charge < -0.3 is 14.8 Å². The first-order valence-electron chi connectivity index (χ1n) is 6.79. The molecule has 0 saturated carbocycles. The van der Waals surface area contributed by atoms with Gasteiger partial charge in [-0.2, -0.15) is 0 Å². The number of nitro groups is 1. The zero-order valence-electron chi connectivity index (χ0n) is 11.3. The Morgan fingerprint density at radius 1 is 1.45 bits per heavy atom. The zero-order valence-corrected chi connectivity index (χ0v) is 11.3. The quantitative estimate of drug-likeness (QED) is 0.467. The molecular weight excluding hydrogens is 262 g/mol. The molecule has 2 rings (SSSR count). The molecule has 1 saturated heterocycles. The van der Waals surface area contributed by atoms with Crippen LogP contribution < -0.4 is 5.32 Å². The average molecular weight is 281 g/mol. The van der Waals surface area contributed by atoms with Gasteiger partial charge in [0.05, 0.1) is 11.0 Å². The fourth-order valence-electron chi connectivity index (χ4n) is 1.98. The van der Waals surface area contributed by atoms with Gasteiger partial charge in [0, 0.05) is 32.4 Å². The van der Waals surface area contributed by atoms with Crippen LogP contribution in [0.4, 0.5) is 11.5 Å². The third-order valence-corrected chi connectivity index (χ3v) is 3.11. The fourth-order valence-corrected chi connectivity index (χ4v) is 1.98. The van der Waals surface area contributed by atoms with Gasteiger partial charge in [-0.25, -0.2) is 4.98 Å². The molecule has 2 heterocycles. The molecule has 20 heavy (non-hydrogen) atoms. The molecule has 1 aromatic rings. The van der Waals surface area contributed by atoms with Crippen molar-refractivity contribution in [3.8, 4) is 0 Å². The monoisotopic (exact) mass is 281 g/mol. The molecule has 1 fully saturated rings. The van der Waals surface area contributed by atoms with Crippen molar-refractivity contribution in [1.82, 2.24) is 4.98 Å². The van der Waals surface area contributed by atoms with E-state index < -0.39 is 4.92 Å². The number of nitrogens with zero attached hydrogens (tertiary/aromatic N) is 2. The highest BCUT2D eigenvalue weighted by Gasteiger charge is 2.13. The summed E-state index contributed by atoms with van der Waals surface area (Å²) in [7, 11) is 0. The predicted molar refractivity (Wildman–Crippen MR) is 73.8 cm³/mol. The summed E-state index contributed by atoms with van der Waals surface area (Å²) in [5.41, 5.74) is -0.00148. The average Bonchev–Trinajstić information content (AvgIpc) is 2.48. The van der Waals surface area contributed by atoms with Crippen molar-refractivity contribution < 1.29 is 14.4 Å². The predicted octanol–water partition coefficient (Wildman–Crippen LogP) is 1.99. The van der Waals surface area contributed by atoms with Gasteiger partial charge >= 0.3 is 0 Å². The van der Waals surface area contributed by atoms with Crippen LogP contribution >= 0.6 is 0 Å². The molecule has 1 aromatic heterocycles. The normalized spacial score (nSPS) is 16.0. The van der Waals surface area contributed by atoms with Crippen LogP contribution in [0.1, 0.15) is 19.3 Å². The molecule has 110 valence electrons. The second kappa shape index (κ2) is 7.76. The number of hydrogen-bond acceptors (Lipinski definition) is 6. The van der Waals surface area contributed by atoms with E-state index in [0.717, 1.165) is 39.0 Å². The van der Waals surface area contributed by atoms with Gasteiger partial charge in [0.2, 0.25) is 0 Å². The number of rotatable bonds is 7. The molecule has 7 heteroatoms. The van der Waals surface area contributed by atoms with E-state index >= 15 is 0 Å². The fraction of sp³-hybridized carbons (Fsp3) is 0.615. The van der Waals surface area contributed by atoms with Crippen molar-refractivity contribution in [2.75, 3.05) is 31.7 Å². The number of nitrogens with one attached hydrogen (secondary N) is 1. The Hall–Kier alpha value is -1.73. The molecule has 0 spiro atoms. The van der Waals surface area contributed by atoms with Gasteiger partial charge in [-0.15, -0.1) is 0 Å². The van der Waals surface area contributed by atoms with Gasteiger partial charge in [0.1, 0.15) is 12.0 Å². The number of anilines is 1. The number of ether oxygens (including phenoxy) is 2. The van der Waals surface area contributed by atoms with E-state index in [1.165, 1.54) is 12.3 Å². The summed E-state index contributed by atoms with van der Waals surface area (Å²) in [6, 6.07) is 3.05. The van der Waals surface area contributed by atoms with E-state index in [9.17, 15) is 10.1 Å². The van der Waals surface area contributed by atoms with Crippen LogP contribution in [0.2, 0.25) is 0 Å². The lowest BCUT2D eigenvalue weighted by molar-refractivity contribution is -0.385. The second-order valence-corrected chi connectivity index (χ2v) is 4.62. The van der Waals surface area contributed by atoms with Gasteiger partial charge in [0.15, 0.2) is 0 Å². The van der Waals surface area contributed by atoms with Crippen molar-refractivity contribution in [2.24, 2.45) is 0 Å². The zero-order chi connectivity index (χ0) is 14.2. The molecule has 0 atom stereocenters. The molecule has 7 nitrogen and oxygen atoms in total. The summed E-state index contributed by atoms with van der Waals surface area (Å²) in [4.78, 5) is 14.0. The van der Waals surface area contributed by atoms with Crippen molar-refractivity contribution in [3.05, 3.63) is 28.4 Å². The van der Waals surface area contributed by atoms with Gasteiger partial charge in [0.25, 0.3) is 5.69 Å². The molecule has 0 radical (unpaired) electrons. The lowest BCUT2D eigenvalue weighted by Crippen LogP contribution is -2.24. The van der Waals surface area contributed by atoms with Crippen molar-refractivity contribution in [3.63, 3.8) is 0 Å². The molecular formula is C13H19N3O4. The summed E-state index contributed by atoms with van der Waals surface area (Å²) >= 11 is 0. The standard InChI is InChI=1S/C13H19N3O4/c17-16(18)11-2-3-13(15-10-11)14-6-1-7-20-12-4-8-19-9-5-12/h2-3,10,12H,1,4-9H2,(H,14,15). The topological polar surface area (TPSA) is 86.5 Å². The summed E-state index contributed by atoms with van der Waals surface area (Å²) in [6.07, 6.45) is 4.38. The minimum absolute atomic E-state index is 0.00148.